The second kappa shape index (κ2) is 6.39. The normalized spacial score (nSPS) is 30.3. The van der Waals surface area contributed by atoms with Gasteiger partial charge in [0.05, 0.1) is 5.71 Å². The Bertz CT molecular complexity index is 839. The highest BCUT2D eigenvalue weighted by Gasteiger charge is 2.62. The van der Waals surface area contributed by atoms with E-state index in [-0.39, 0.29) is 23.6 Å². The summed E-state index contributed by atoms with van der Waals surface area (Å²) in [5.74, 6) is 1.68. The number of hydrogen-bond acceptors (Lipinski definition) is 5. The van der Waals surface area contributed by atoms with E-state index in [0.29, 0.717) is 12.3 Å². The summed E-state index contributed by atoms with van der Waals surface area (Å²) >= 11 is 0. The van der Waals surface area contributed by atoms with Crippen molar-refractivity contribution in [2.45, 2.75) is 53.4 Å². The van der Waals surface area contributed by atoms with Crippen LogP contribution in [0.2, 0.25) is 0 Å². The minimum absolute atomic E-state index is 0.0746. The van der Waals surface area contributed by atoms with Crippen LogP contribution in [0.25, 0.3) is 6.08 Å². The summed E-state index contributed by atoms with van der Waals surface area (Å²) in [6, 6.07) is 5.97. The van der Waals surface area contributed by atoms with Gasteiger partial charge in [0.2, 0.25) is 6.79 Å². The van der Waals surface area contributed by atoms with Crippen molar-refractivity contribution in [3.8, 4) is 11.5 Å². The summed E-state index contributed by atoms with van der Waals surface area (Å²) in [6.45, 7) is 9.08. The largest absolute Gasteiger partial charge is 0.454 e. The highest BCUT2D eigenvalue weighted by molar-refractivity contribution is 6.11. The first-order valence-electron chi connectivity index (χ1n) is 9.77. The molecular weight excluding hydrogens is 342 g/mol. The lowest BCUT2D eigenvalue weighted by Crippen LogP contribution is -2.33. The van der Waals surface area contributed by atoms with E-state index in [1.165, 1.54) is 5.57 Å². The van der Waals surface area contributed by atoms with Crippen LogP contribution >= 0.6 is 0 Å². The Morgan fingerprint density at radius 3 is 2.85 bits per heavy atom. The molecule has 1 aliphatic heterocycles. The molecule has 1 heterocycles. The van der Waals surface area contributed by atoms with Gasteiger partial charge in [0.1, 0.15) is 0 Å². The van der Waals surface area contributed by atoms with Gasteiger partial charge in [-0.15, -0.1) is 0 Å². The summed E-state index contributed by atoms with van der Waals surface area (Å²) in [4.78, 5) is 17.2. The van der Waals surface area contributed by atoms with Crippen LogP contribution in [0.15, 0.2) is 28.9 Å². The average molecular weight is 369 g/mol. The van der Waals surface area contributed by atoms with E-state index in [1.54, 1.807) is 0 Å². The van der Waals surface area contributed by atoms with Crippen molar-refractivity contribution in [2.24, 2.45) is 21.9 Å². The lowest BCUT2D eigenvalue weighted by Gasteiger charge is -2.33. The Kier molecular flexibility index (Phi) is 4.28. The molecule has 2 fully saturated rings. The predicted octanol–water partition coefficient (Wildman–Crippen LogP) is 4.95. The van der Waals surface area contributed by atoms with Crippen molar-refractivity contribution in [1.29, 1.82) is 0 Å². The third-order valence-corrected chi connectivity index (χ3v) is 6.81. The molecule has 4 rings (SSSR count). The summed E-state index contributed by atoms with van der Waals surface area (Å²) in [6.07, 6.45) is 5.51. The molecule has 2 atom stereocenters. The molecule has 1 aromatic rings. The number of rotatable bonds is 4. The first-order chi connectivity index (χ1) is 12.9. The maximum atomic E-state index is 11.9. The van der Waals surface area contributed by atoms with Crippen LogP contribution in [-0.4, -0.2) is 18.5 Å². The molecule has 1 aromatic carbocycles. The van der Waals surface area contributed by atoms with E-state index in [4.69, 9.17) is 14.3 Å². The number of carbonyl (C=O) groups excluding carboxylic acids is 1. The molecule has 0 saturated heterocycles. The summed E-state index contributed by atoms with van der Waals surface area (Å²) in [5.41, 5.74) is 3.13. The maximum absolute atomic E-state index is 11.9. The van der Waals surface area contributed by atoms with Crippen LogP contribution in [0.5, 0.6) is 11.5 Å². The Balaban J connectivity index is 1.73. The third kappa shape index (κ3) is 2.75. The van der Waals surface area contributed by atoms with Crippen LogP contribution in [0.1, 0.15) is 58.9 Å². The zero-order chi connectivity index (χ0) is 19.2. The van der Waals surface area contributed by atoms with E-state index in [1.807, 2.05) is 25.1 Å². The molecule has 144 valence electrons. The van der Waals surface area contributed by atoms with Gasteiger partial charge in [-0.3, -0.25) is 0 Å². The molecule has 2 bridgehead atoms. The van der Waals surface area contributed by atoms with Gasteiger partial charge >= 0.3 is 5.97 Å². The zero-order valence-electron chi connectivity index (χ0n) is 16.5. The number of carbonyl (C=O) groups is 1. The van der Waals surface area contributed by atoms with Crippen molar-refractivity contribution in [1.82, 2.24) is 0 Å². The minimum Gasteiger partial charge on any atom is -0.454 e. The Morgan fingerprint density at radius 1 is 1.30 bits per heavy atom. The molecular formula is C22H27NO4. The molecule has 0 N–H and O–H groups in total. The molecule has 5 heteroatoms. The Labute approximate surface area is 160 Å². The molecule has 0 spiro atoms. The van der Waals surface area contributed by atoms with Gasteiger partial charge in [-0.2, -0.15) is 0 Å². The van der Waals surface area contributed by atoms with Crippen molar-refractivity contribution in [3.63, 3.8) is 0 Å². The van der Waals surface area contributed by atoms with E-state index in [2.05, 4.69) is 32.0 Å². The maximum Gasteiger partial charge on any atom is 0.335 e. The molecule has 5 nitrogen and oxygen atoms in total. The number of hydrogen-bond donors (Lipinski definition) is 0. The van der Waals surface area contributed by atoms with Gasteiger partial charge in [0.25, 0.3) is 0 Å². The zero-order valence-corrected chi connectivity index (χ0v) is 16.5. The van der Waals surface area contributed by atoms with E-state index >= 15 is 0 Å². The smallest absolute Gasteiger partial charge is 0.335 e. The minimum atomic E-state index is -0.267. The number of nitrogens with zero attached hydrogens (tertiary/aromatic N) is 1. The van der Waals surface area contributed by atoms with Gasteiger partial charge in [0.15, 0.2) is 11.5 Å². The van der Waals surface area contributed by atoms with Gasteiger partial charge in [-0.1, -0.05) is 38.9 Å². The second-order valence-corrected chi connectivity index (χ2v) is 8.51. The summed E-state index contributed by atoms with van der Waals surface area (Å²) in [5, 5.41) is 4.38. The van der Waals surface area contributed by atoms with Gasteiger partial charge in [-0.25, -0.2) is 4.79 Å². The molecule has 27 heavy (non-hydrogen) atoms. The fourth-order valence-corrected chi connectivity index (χ4v) is 4.80. The lowest BCUT2D eigenvalue weighted by atomic mass is 9.70. The number of ether oxygens (including phenoxy) is 2. The molecule has 0 amide bonds. The Hall–Kier alpha value is -2.30. The number of oxime groups is 1. The topological polar surface area (TPSA) is 57.1 Å². The third-order valence-electron chi connectivity index (χ3n) is 6.81. The van der Waals surface area contributed by atoms with Crippen molar-refractivity contribution < 1.29 is 19.1 Å². The molecule has 3 aliphatic rings. The number of fused-ring (bicyclic) bond motifs is 3. The highest BCUT2D eigenvalue weighted by Crippen LogP contribution is 2.66. The molecule has 2 saturated carbocycles. The van der Waals surface area contributed by atoms with Crippen LogP contribution in [0, 0.1) is 16.7 Å². The fraction of sp³-hybridized carbons (Fsp3) is 0.545. The lowest BCUT2D eigenvalue weighted by molar-refractivity contribution is -0.143. The van der Waals surface area contributed by atoms with Crippen LogP contribution in [0.4, 0.5) is 0 Å². The number of allylic oxidation sites excluding steroid dienone is 1. The second-order valence-electron chi connectivity index (χ2n) is 8.51. The molecule has 0 radical (unpaired) electrons. The van der Waals surface area contributed by atoms with E-state index in [9.17, 15) is 4.79 Å². The van der Waals surface area contributed by atoms with Crippen molar-refractivity contribution >= 4 is 17.8 Å². The van der Waals surface area contributed by atoms with Crippen molar-refractivity contribution in [3.05, 3.63) is 29.3 Å². The van der Waals surface area contributed by atoms with Crippen LogP contribution in [0.3, 0.4) is 0 Å². The van der Waals surface area contributed by atoms with Crippen LogP contribution in [-0.2, 0) is 9.63 Å². The summed E-state index contributed by atoms with van der Waals surface area (Å²) in [7, 11) is 0. The fourth-order valence-electron chi connectivity index (χ4n) is 4.80. The predicted molar refractivity (Wildman–Crippen MR) is 104 cm³/mol. The van der Waals surface area contributed by atoms with Gasteiger partial charge in [0, 0.05) is 11.8 Å². The monoisotopic (exact) mass is 369 g/mol. The van der Waals surface area contributed by atoms with Gasteiger partial charge in [-0.05, 0) is 59.9 Å². The summed E-state index contributed by atoms with van der Waals surface area (Å²) < 4.78 is 10.9. The standard InChI is InChI=1S/C22H27NO4/c1-5-6-19(24)27-23-20-15(16-9-10-22(20,4)21(16,2)3)11-14-7-8-17-18(12-14)26-13-25-17/h7-8,11-12,16H,5-6,9-10,13H2,1-4H3/b15-11+,23-20+/t16-,22-/m1/s1. The quantitative estimate of drug-likeness (QED) is 0.556. The molecule has 2 aliphatic carbocycles. The van der Waals surface area contributed by atoms with Crippen LogP contribution < -0.4 is 9.47 Å². The molecule has 0 unspecified atom stereocenters. The van der Waals surface area contributed by atoms with E-state index < -0.39 is 0 Å². The molecule has 0 aromatic heterocycles. The van der Waals surface area contributed by atoms with Gasteiger partial charge < -0.3 is 14.3 Å². The number of benzene rings is 1. The highest BCUT2D eigenvalue weighted by atomic mass is 16.7. The van der Waals surface area contributed by atoms with E-state index in [0.717, 1.165) is 42.0 Å². The first-order valence-corrected chi connectivity index (χ1v) is 9.77. The Morgan fingerprint density at radius 2 is 2.07 bits per heavy atom. The average Bonchev–Trinajstić information content (AvgIpc) is 3.21. The van der Waals surface area contributed by atoms with Crippen molar-refractivity contribution in [2.75, 3.05) is 6.79 Å². The first kappa shape index (κ1) is 18.1. The SMILES string of the molecule is CCCC(=O)O/N=C1\C(=C\c2ccc3c(c2)OCO3)[C@H]2CC[C@@]1(C)C2(C)C.